The summed E-state index contributed by atoms with van der Waals surface area (Å²) in [5, 5.41) is 6.49. The van der Waals surface area contributed by atoms with Gasteiger partial charge in [-0.05, 0) is 18.4 Å². The summed E-state index contributed by atoms with van der Waals surface area (Å²) in [7, 11) is 0. The van der Waals surface area contributed by atoms with Gasteiger partial charge in [-0.15, -0.1) is 11.8 Å². The second-order valence-electron chi connectivity index (χ2n) is 2.02. The quantitative estimate of drug-likeness (QED) is 0.515. The zero-order chi connectivity index (χ0) is 6.10. The molecule has 2 nitrogen and oxygen atoms in total. The highest BCUT2D eigenvalue weighted by Crippen LogP contribution is 2.24. The van der Waals surface area contributed by atoms with Crippen LogP contribution in [0.4, 0.5) is 0 Å². The number of hydrogen-bond donors (Lipinski definition) is 2. The van der Waals surface area contributed by atoms with Crippen LogP contribution in [-0.2, 0) is 0 Å². The Hall–Kier alpha value is -0.410. The lowest BCUT2D eigenvalue weighted by atomic mass is 10.3. The van der Waals surface area contributed by atoms with Crippen molar-refractivity contribution in [3.63, 3.8) is 0 Å². The minimum atomic E-state index is 0.403. The van der Waals surface area contributed by atoms with Gasteiger partial charge in [0.05, 0.1) is 0 Å². The third-order valence-corrected chi connectivity index (χ3v) is 2.45. The molecule has 0 amide bonds. The van der Waals surface area contributed by atoms with Crippen molar-refractivity contribution in [2.75, 3.05) is 5.88 Å². The Kier molecular flexibility index (Phi) is 1.24. The molecule has 1 fully saturated rings. The average Bonchev–Trinajstić information content (AvgIpc) is 2.33. The van der Waals surface area contributed by atoms with Gasteiger partial charge in [0.1, 0.15) is 6.17 Å². The third kappa shape index (κ3) is 0.862. The van der Waals surface area contributed by atoms with Crippen molar-refractivity contribution < 1.29 is 0 Å². The van der Waals surface area contributed by atoms with E-state index in [4.69, 9.17) is 0 Å². The highest BCUT2D eigenvalue weighted by Gasteiger charge is 2.19. The van der Waals surface area contributed by atoms with Crippen molar-refractivity contribution in [1.29, 1.82) is 0 Å². The van der Waals surface area contributed by atoms with Crippen LogP contribution in [-0.4, -0.2) is 12.0 Å². The van der Waals surface area contributed by atoms with Gasteiger partial charge in [-0.3, -0.25) is 5.32 Å². The number of hydrogen-bond acceptors (Lipinski definition) is 3. The largest absolute Gasteiger partial charge is 0.372 e. The van der Waals surface area contributed by atoms with Crippen LogP contribution < -0.4 is 10.6 Å². The van der Waals surface area contributed by atoms with Gasteiger partial charge in [-0.2, -0.15) is 0 Å². The van der Waals surface area contributed by atoms with Crippen LogP contribution in [0.3, 0.4) is 0 Å². The summed E-state index contributed by atoms with van der Waals surface area (Å²) in [6.45, 7) is 0. The lowest BCUT2D eigenvalue weighted by molar-refractivity contribution is 0.606. The summed E-state index contributed by atoms with van der Waals surface area (Å²) in [6, 6.07) is 0. The van der Waals surface area contributed by atoms with E-state index in [0.29, 0.717) is 6.17 Å². The molecule has 2 N–H and O–H groups in total. The molecule has 0 radical (unpaired) electrons. The number of nitrogens with one attached hydrogen (secondary N) is 2. The fourth-order valence-electron chi connectivity index (χ4n) is 0.972. The molecule has 2 aliphatic heterocycles. The smallest absolute Gasteiger partial charge is 0.109 e. The standard InChI is InChI=1S/C6H8N2S/c1-2-5-6(7-3-1)8-4-9-5/h1-3,6-8H,4H2. The molecule has 0 bridgehead atoms. The molecular weight excluding hydrogens is 132 g/mol. The van der Waals surface area contributed by atoms with Crippen LogP contribution in [0.15, 0.2) is 23.3 Å². The van der Waals surface area contributed by atoms with Crippen molar-refractivity contribution in [1.82, 2.24) is 10.6 Å². The summed E-state index contributed by atoms with van der Waals surface area (Å²) in [5.74, 6) is 1.03. The van der Waals surface area contributed by atoms with Crippen molar-refractivity contribution in [3.8, 4) is 0 Å². The molecule has 1 saturated heterocycles. The molecule has 2 rings (SSSR count). The summed E-state index contributed by atoms with van der Waals surface area (Å²) in [6.07, 6.45) is 6.55. The number of allylic oxidation sites excluding steroid dienone is 2. The molecule has 0 saturated carbocycles. The minimum Gasteiger partial charge on any atom is -0.372 e. The second-order valence-corrected chi connectivity index (χ2v) is 3.07. The molecule has 2 aliphatic rings. The van der Waals surface area contributed by atoms with E-state index in [2.05, 4.69) is 16.7 Å². The molecule has 48 valence electrons. The molecule has 9 heavy (non-hydrogen) atoms. The van der Waals surface area contributed by atoms with E-state index >= 15 is 0 Å². The van der Waals surface area contributed by atoms with Gasteiger partial charge in [0.15, 0.2) is 0 Å². The summed E-state index contributed by atoms with van der Waals surface area (Å²) >= 11 is 1.86. The Balaban J connectivity index is 2.23. The number of dihydropyridines is 1. The van der Waals surface area contributed by atoms with Gasteiger partial charge in [0.2, 0.25) is 0 Å². The predicted octanol–water partition coefficient (Wildman–Crippen LogP) is 0.607. The number of fused-ring (bicyclic) bond motifs is 1. The maximum Gasteiger partial charge on any atom is 0.109 e. The summed E-state index contributed by atoms with van der Waals surface area (Å²) in [5.41, 5.74) is 0. The van der Waals surface area contributed by atoms with Crippen molar-refractivity contribution in [2.24, 2.45) is 0 Å². The Labute approximate surface area is 58.4 Å². The summed E-state index contributed by atoms with van der Waals surface area (Å²) in [4.78, 5) is 1.40. The van der Waals surface area contributed by atoms with Gasteiger partial charge in [0, 0.05) is 10.8 Å². The van der Waals surface area contributed by atoms with Crippen LogP contribution in [0.25, 0.3) is 0 Å². The fourth-order valence-corrected chi connectivity index (χ4v) is 1.88. The van der Waals surface area contributed by atoms with Crippen LogP contribution in [0.5, 0.6) is 0 Å². The van der Waals surface area contributed by atoms with E-state index in [1.54, 1.807) is 0 Å². The molecule has 0 aliphatic carbocycles. The molecule has 0 aromatic heterocycles. The molecule has 0 aromatic carbocycles. The lowest BCUT2D eigenvalue weighted by Crippen LogP contribution is -2.35. The predicted molar refractivity (Wildman–Crippen MR) is 39.7 cm³/mol. The van der Waals surface area contributed by atoms with Crippen molar-refractivity contribution in [2.45, 2.75) is 6.17 Å². The van der Waals surface area contributed by atoms with E-state index in [0.717, 1.165) is 5.88 Å². The normalized spacial score (nSPS) is 31.1. The average molecular weight is 140 g/mol. The Morgan fingerprint density at radius 3 is 3.56 bits per heavy atom. The van der Waals surface area contributed by atoms with Gasteiger partial charge >= 0.3 is 0 Å². The Bertz CT molecular complexity index is 174. The van der Waals surface area contributed by atoms with E-state index in [1.165, 1.54) is 4.91 Å². The van der Waals surface area contributed by atoms with Crippen molar-refractivity contribution >= 4 is 11.8 Å². The maximum absolute atomic E-state index is 3.29. The van der Waals surface area contributed by atoms with Gasteiger partial charge in [-0.1, -0.05) is 0 Å². The lowest BCUT2D eigenvalue weighted by Gasteiger charge is -2.13. The van der Waals surface area contributed by atoms with Gasteiger partial charge < -0.3 is 5.32 Å². The van der Waals surface area contributed by atoms with E-state index < -0.39 is 0 Å². The van der Waals surface area contributed by atoms with E-state index in [-0.39, 0.29) is 0 Å². The number of rotatable bonds is 0. The van der Waals surface area contributed by atoms with Crippen LogP contribution in [0.1, 0.15) is 0 Å². The Morgan fingerprint density at radius 2 is 2.67 bits per heavy atom. The topological polar surface area (TPSA) is 24.1 Å². The zero-order valence-corrected chi connectivity index (χ0v) is 5.74. The van der Waals surface area contributed by atoms with Gasteiger partial charge in [-0.25, -0.2) is 0 Å². The highest BCUT2D eigenvalue weighted by atomic mass is 32.2. The highest BCUT2D eigenvalue weighted by molar-refractivity contribution is 8.03. The molecule has 0 spiro atoms. The monoisotopic (exact) mass is 140 g/mol. The first-order valence-electron chi connectivity index (χ1n) is 2.96. The van der Waals surface area contributed by atoms with Crippen LogP contribution in [0, 0.1) is 0 Å². The SMILES string of the molecule is C1=CNC2NCSC2=C1. The van der Waals surface area contributed by atoms with E-state index in [1.807, 2.05) is 24.0 Å². The maximum atomic E-state index is 3.29. The number of thioether (sulfide) groups is 1. The molecule has 0 aromatic rings. The minimum absolute atomic E-state index is 0.403. The van der Waals surface area contributed by atoms with Gasteiger partial charge in [0.25, 0.3) is 0 Å². The van der Waals surface area contributed by atoms with Crippen LogP contribution >= 0.6 is 11.8 Å². The molecule has 3 heteroatoms. The van der Waals surface area contributed by atoms with Crippen LogP contribution in [0.2, 0.25) is 0 Å². The first-order chi connectivity index (χ1) is 4.47. The molecule has 1 atom stereocenters. The molecule has 1 unspecified atom stereocenters. The first-order valence-corrected chi connectivity index (χ1v) is 3.94. The Morgan fingerprint density at radius 1 is 1.67 bits per heavy atom. The van der Waals surface area contributed by atoms with Crippen molar-refractivity contribution in [3.05, 3.63) is 23.3 Å². The second kappa shape index (κ2) is 2.08. The third-order valence-electron chi connectivity index (χ3n) is 1.43. The molecule has 2 heterocycles. The fraction of sp³-hybridized carbons (Fsp3) is 0.333. The zero-order valence-electron chi connectivity index (χ0n) is 4.92. The first kappa shape index (κ1) is 5.38. The van der Waals surface area contributed by atoms with E-state index in [9.17, 15) is 0 Å². The molecular formula is C6H8N2S. The summed E-state index contributed by atoms with van der Waals surface area (Å²) < 4.78 is 0.